The van der Waals surface area contributed by atoms with Crippen molar-refractivity contribution < 1.29 is 33.7 Å². The number of benzene rings is 2. The van der Waals surface area contributed by atoms with Crippen molar-refractivity contribution in [3.63, 3.8) is 0 Å². The number of hydrogen-bond donors (Lipinski definition) is 2. The molecule has 3 rings (SSSR count). The van der Waals surface area contributed by atoms with Crippen molar-refractivity contribution in [2.24, 2.45) is 0 Å². The number of halogens is 1. The molecule has 0 amide bonds. The van der Waals surface area contributed by atoms with Crippen LogP contribution >= 0.6 is 12.4 Å². The van der Waals surface area contributed by atoms with E-state index >= 15 is 0 Å². The molecule has 1 heterocycles. The highest BCUT2D eigenvalue weighted by Crippen LogP contribution is 2.38. The molecule has 0 atom stereocenters. The van der Waals surface area contributed by atoms with Gasteiger partial charge in [-0.25, -0.2) is 4.79 Å². The lowest BCUT2D eigenvalue weighted by atomic mass is 10.0. The second kappa shape index (κ2) is 11.7. The van der Waals surface area contributed by atoms with Crippen LogP contribution in [0.5, 0.6) is 17.2 Å². The Hall–Kier alpha value is -2.78. The van der Waals surface area contributed by atoms with Crippen LogP contribution < -0.4 is 20.4 Å². The minimum Gasteiger partial charge on any atom is -0.871 e. The highest BCUT2D eigenvalue weighted by Gasteiger charge is 2.21. The summed E-state index contributed by atoms with van der Waals surface area (Å²) in [5.41, 5.74) is 0.00271. The summed E-state index contributed by atoms with van der Waals surface area (Å²) in [6.07, 6.45) is 0. The van der Waals surface area contributed by atoms with Crippen LogP contribution in [0.1, 0.15) is 5.56 Å². The Labute approximate surface area is 192 Å². The predicted molar refractivity (Wildman–Crippen MR) is 121 cm³/mol. The van der Waals surface area contributed by atoms with Crippen LogP contribution in [-0.4, -0.2) is 52.7 Å². The smallest absolute Gasteiger partial charge is 0.343 e. The molecule has 1 aromatic heterocycles. The van der Waals surface area contributed by atoms with E-state index in [9.17, 15) is 15.0 Å². The van der Waals surface area contributed by atoms with E-state index in [1.807, 2.05) is 0 Å². The first kappa shape index (κ1) is 25.5. The lowest BCUT2D eigenvalue weighted by Crippen LogP contribution is -3.11. The topological polar surface area (TPSA) is 106 Å². The van der Waals surface area contributed by atoms with Crippen LogP contribution in [0.15, 0.2) is 45.6 Å². The average molecular weight is 466 g/mol. The Morgan fingerprint density at radius 3 is 2.31 bits per heavy atom. The molecule has 0 aliphatic rings. The van der Waals surface area contributed by atoms with E-state index in [0.717, 1.165) is 4.90 Å². The molecule has 0 aliphatic carbocycles. The van der Waals surface area contributed by atoms with Crippen molar-refractivity contribution in [1.29, 1.82) is 0 Å². The number of nitrogens with one attached hydrogen (secondary N) is 1. The van der Waals surface area contributed by atoms with Crippen molar-refractivity contribution in [3.8, 4) is 28.4 Å². The van der Waals surface area contributed by atoms with E-state index in [4.69, 9.17) is 18.6 Å². The molecular weight excluding hydrogens is 438 g/mol. The Bertz CT molecular complexity index is 1090. The third-order valence-corrected chi connectivity index (χ3v) is 5.23. The Morgan fingerprint density at radius 2 is 1.69 bits per heavy atom. The summed E-state index contributed by atoms with van der Waals surface area (Å²) in [5.74, 6) is -0.0974. The standard InChI is InChI=1S/C23H27NO7.ClH/c1-28-12-10-24(11-13-29-2)14-17-18(25)9-8-16-21(26)20(23(27)31-22(16)17)15-6-4-5-7-19(15)30-3;/h4-9,25-26H,10-14H2,1-3H3;1H. The third-order valence-electron chi connectivity index (χ3n) is 5.23. The molecule has 32 heavy (non-hydrogen) atoms. The molecule has 0 radical (unpaired) electrons. The van der Waals surface area contributed by atoms with Crippen molar-refractivity contribution >= 4 is 23.4 Å². The fourth-order valence-electron chi connectivity index (χ4n) is 3.58. The van der Waals surface area contributed by atoms with Gasteiger partial charge in [-0.05, 0) is 18.2 Å². The first-order valence-corrected chi connectivity index (χ1v) is 9.95. The molecule has 0 spiro atoms. The number of para-hydroxylation sites is 1. The number of fused-ring (bicyclic) bond motifs is 1. The molecule has 0 saturated heterocycles. The van der Waals surface area contributed by atoms with Crippen LogP contribution in [-0.2, 0) is 16.0 Å². The number of quaternary nitrogens is 1. The molecule has 0 bridgehead atoms. The van der Waals surface area contributed by atoms with Crippen LogP contribution in [0.4, 0.5) is 0 Å². The number of phenols is 1. The molecule has 3 aromatic rings. The Kier molecular flexibility index (Phi) is 9.34. The molecule has 2 N–H and O–H groups in total. The summed E-state index contributed by atoms with van der Waals surface area (Å²) in [6, 6.07) is 9.71. The van der Waals surface area contributed by atoms with Gasteiger partial charge in [0.05, 0.1) is 31.5 Å². The number of hydrogen-bond acceptors (Lipinski definition) is 7. The third kappa shape index (κ3) is 5.34. The number of phenolic OH excluding ortho intramolecular Hbond substituents is 1. The van der Waals surface area contributed by atoms with E-state index in [1.54, 1.807) is 38.5 Å². The number of ether oxygens (including phenoxy) is 3. The highest BCUT2D eigenvalue weighted by atomic mass is 35.5. The van der Waals surface area contributed by atoms with Gasteiger partial charge in [-0.1, -0.05) is 23.9 Å². The maximum Gasteiger partial charge on any atom is 0.343 e. The first-order valence-electron chi connectivity index (χ1n) is 9.95. The van der Waals surface area contributed by atoms with Gasteiger partial charge in [-0.15, -0.1) is 12.4 Å². The predicted octanol–water partition coefficient (Wildman–Crippen LogP) is 1.35. The lowest BCUT2D eigenvalue weighted by Gasteiger charge is -2.22. The van der Waals surface area contributed by atoms with Gasteiger partial charge in [-0.3, -0.25) is 0 Å². The lowest BCUT2D eigenvalue weighted by molar-refractivity contribution is -0.914. The molecule has 9 heteroatoms. The average Bonchev–Trinajstić information content (AvgIpc) is 2.77. The Morgan fingerprint density at radius 1 is 1.03 bits per heavy atom. The van der Waals surface area contributed by atoms with Crippen LogP contribution in [0, 0.1) is 0 Å². The zero-order valence-electron chi connectivity index (χ0n) is 18.3. The van der Waals surface area contributed by atoms with Gasteiger partial charge in [0.1, 0.15) is 36.7 Å². The van der Waals surface area contributed by atoms with Crippen LogP contribution in [0.25, 0.3) is 22.1 Å². The van der Waals surface area contributed by atoms with Gasteiger partial charge in [0.15, 0.2) is 0 Å². The number of rotatable bonds is 10. The minimum atomic E-state index is -0.774. The van der Waals surface area contributed by atoms with Gasteiger partial charge in [0.2, 0.25) is 0 Å². The fourth-order valence-corrected chi connectivity index (χ4v) is 3.58. The minimum absolute atomic E-state index is 0. The quantitative estimate of drug-likeness (QED) is 0.435. The number of aromatic hydroxyl groups is 1. The molecule has 0 saturated carbocycles. The van der Waals surface area contributed by atoms with Crippen molar-refractivity contribution in [1.82, 2.24) is 0 Å². The summed E-state index contributed by atoms with van der Waals surface area (Å²) >= 11 is 0. The van der Waals surface area contributed by atoms with Gasteiger partial charge < -0.3 is 33.7 Å². The summed E-state index contributed by atoms with van der Waals surface area (Å²) in [6.45, 7) is 2.68. The van der Waals surface area contributed by atoms with Gasteiger partial charge in [0.25, 0.3) is 0 Å². The molecule has 8 nitrogen and oxygen atoms in total. The van der Waals surface area contributed by atoms with E-state index in [0.29, 0.717) is 49.7 Å². The largest absolute Gasteiger partial charge is 0.871 e. The SMILES string of the molecule is COCC[NH+](CCOC)Cc1c(O)ccc2c([O-])c(-c3ccccc3OC)c(=O)oc12.Cl. The molecule has 0 unspecified atom stereocenters. The van der Waals surface area contributed by atoms with Crippen molar-refractivity contribution in [2.75, 3.05) is 47.6 Å². The van der Waals surface area contributed by atoms with Gasteiger partial charge >= 0.3 is 5.63 Å². The second-order valence-corrected chi connectivity index (χ2v) is 7.15. The van der Waals surface area contributed by atoms with E-state index in [-0.39, 0.29) is 34.7 Å². The Balaban J connectivity index is 0.00000363. The molecule has 2 aromatic carbocycles. The van der Waals surface area contributed by atoms with Crippen LogP contribution in [0.3, 0.4) is 0 Å². The zero-order valence-corrected chi connectivity index (χ0v) is 19.1. The maximum absolute atomic E-state index is 13.3. The second-order valence-electron chi connectivity index (χ2n) is 7.15. The zero-order chi connectivity index (χ0) is 22.4. The number of methoxy groups -OCH3 is 3. The monoisotopic (exact) mass is 465 g/mol. The van der Waals surface area contributed by atoms with Crippen molar-refractivity contribution in [3.05, 3.63) is 52.4 Å². The molecule has 174 valence electrons. The maximum atomic E-state index is 13.3. The van der Waals surface area contributed by atoms with Gasteiger partial charge in [-0.2, -0.15) is 0 Å². The molecule has 0 fully saturated rings. The van der Waals surface area contributed by atoms with E-state index in [1.165, 1.54) is 19.2 Å². The van der Waals surface area contributed by atoms with Gasteiger partial charge in [0, 0.05) is 25.2 Å². The summed E-state index contributed by atoms with van der Waals surface area (Å²) < 4.78 is 21.3. The fraction of sp³-hybridized carbons (Fsp3) is 0.348. The summed E-state index contributed by atoms with van der Waals surface area (Å²) in [5, 5.41) is 24.0. The molecule has 0 aliphatic heterocycles. The normalized spacial score (nSPS) is 11.0. The van der Waals surface area contributed by atoms with E-state index < -0.39 is 11.4 Å². The summed E-state index contributed by atoms with van der Waals surface area (Å²) in [4.78, 5) is 13.9. The molecular formula is C23H28ClNO7. The first-order chi connectivity index (χ1) is 15.0. The van der Waals surface area contributed by atoms with E-state index in [2.05, 4.69) is 0 Å². The highest BCUT2D eigenvalue weighted by molar-refractivity contribution is 5.93. The van der Waals surface area contributed by atoms with Crippen molar-refractivity contribution in [2.45, 2.75) is 6.54 Å². The summed E-state index contributed by atoms with van der Waals surface area (Å²) in [7, 11) is 4.70. The van der Waals surface area contributed by atoms with Crippen LogP contribution in [0.2, 0.25) is 0 Å².